The number of piperidine rings is 1. The molecule has 2 bridgehead atoms. The summed E-state index contributed by atoms with van der Waals surface area (Å²) in [4.78, 5) is 41.9. The molecule has 0 saturated carbocycles. The average Bonchev–Trinajstić information content (AvgIpc) is 3.34. The molecule has 128 valence electrons. The molecule has 2 aromatic carbocycles. The second-order valence-electron chi connectivity index (χ2n) is 7.17. The van der Waals surface area contributed by atoms with Gasteiger partial charge in [0.05, 0.1) is 22.8 Å². The Hall–Kier alpha value is -2.60. The molecule has 0 radical (unpaired) electrons. The summed E-state index contributed by atoms with van der Waals surface area (Å²) in [7, 11) is 0. The van der Waals surface area contributed by atoms with Crippen LogP contribution in [0.2, 0.25) is 0 Å². The fraction of sp³-hybridized carbons (Fsp3) is 0.250. The normalized spacial score (nSPS) is 33.7. The quantitative estimate of drug-likeness (QED) is 0.729. The monoisotopic (exact) mass is 362 g/mol. The van der Waals surface area contributed by atoms with Gasteiger partial charge in [0, 0.05) is 6.54 Å². The van der Waals surface area contributed by atoms with Crippen molar-refractivity contribution in [3.63, 3.8) is 0 Å². The maximum absolute atomic E-state index is 13.4. The number of para-hydroxylation sites is 1. The van der Waals surface area contributed by atoms with E-state index in [2.05, 4.69) is 0 Å². The van der Waals surface area contributed by atoms with Gasteiger partial charge < -0.3 is 4.90 Å². The molecule has 4 aliphatic rings. The Bertz CT molecular complexity index is 1010. The number of thioether (sulfide) groups is 1. The number of benzene rings is 2. The first-order chi connectivity index (χ1) is 12.6. The molecule has 4 atom stereocenters. The van der Waals surface area contributed by atoms with Gasteiger partial charge in [0.2, 0.25) is 17.7 Å². The van der Waals surface area contributed by atoms with Gasteiger partial charge in [0.15, 0.2) is 0 Å². The highest BCUT2D eigenvalue weighted by molar-refractivity contribution is 8.02. The number of nitrogens with zero attached hydrogens (tertiary/aromatic N) is 2. The molecule has 0 aliphatic carbocycles. The Morgan fingerprint density at radius 2 is 1.62 bits per heavy atom. The number of carbonyl (C=O) groups is 3. The number of rotatable bonds is 1. The van der Waals surface area contributed by atoms with Crippen molar-refractivity contribution in [1.29, 1.82) is 0 Å². The third-order valence-electron chi connectivity index (χ3n) is 6.06. The molecular formula is C20H14N2O3S. The highest BCUT2D eigenvalue weighted by Gasteiger charge is 2.77. The fourth-order valence-corrected chi connectivity index (χ4v) is 7.12. The number of carbonyl (C=O) groups excluding carboxylic acids is 3. The van der Waals surface area contributed by atoms with Crippen LogP contribution >= 0.6 is 11.8 Å². The van der Waals surface area contributed by atoms with Crippen LogP contribution < -0.4 is 4.90 Å². The molecule has 6 rings (SSSR count). The number of imide groups is 1. The van der Waals surface area contributed by atoms with Crippen LogP contribution in [-0.2, 0) is 25.8 Å². The molecule has 4 heterocycles. The van der Waals surface area contributed by atoms with Gasteiger partial charge >= 0.3 is 0 Å². The van der Waals surface area contributed by atoms with Crippen molar-refractivity contribution in [1.82, 2.24) is 4.90 Å². The summed E-state index contributed by atoms with van der Waals surface area (Å²) in [6.45, 7) is 0.522. The van der Waals surface area contributed by atoms with Gasteiger partial charge in [-0.1, -0.05) is 42.5 Å². The maximum Gasteiger partial charge on any atom is 0.241 e. The van der Waals surface area contributed by atoms with E-state index in [-0.39, 0.29) is 17.7 Å². The van der Waals surface area contributed by atoms with Crippen LogP contribution in [0.5, 0.6) is 0 Å². The summed E-state index contributed by atoms with van der Waals surface area (Å²) in [5.74, 6) is -1.51. The molecule has 2 aromatic rings. The Morgan fingerprint density at radius 3 is 2.42 bits per heavy atom. The molecule has 6 heteroatoms. The van der Waals surface area contributed by atoms with Gasteiger partial charge in [-0.3, -0.25) is 14.4 Å². The first kappa shape index (κ1) is 14.6. The number of fused-ring (bicyclic) bond motifs is 4. The van der Waals surface area contributed by atoms with Crippen molar-refractivity contribution in [3.8, 4) is 0 Å². The third kappa shape index (κ3) is 1.41. The highest BCUT2D eigenvalue weighted by atomic mass is 32.2. The minimum atomic E-state index is -0.723. The van der Waals surface area contributed by atoms with Gasteiger partial charge in [0.25, 0.3) is 0 Å². The first-order valence-corrected chi connectivity index (χ1v) is 9.53. The molecule has 0 aromatic heterocycles. The van der Waals surface area contributed by atoms with E-state index >= 15 is 0 Å². The summed E-state index contributed by atoms with van der Waals surface area (Å²) in [5, 5.41) is -0.460. The van der Waals surface area contributed by atoms with Gasteiger partial charge in [-0.2, -0.15) is 0 Å². The Labute approximate surface area is 154 Å². The molecule has 0 N–H and O–H groups in total. The van der Waals surface area contributed by atoms with Gasteiger partial charge in [0.1, 0.15) is 4.87 Å². The van der Waals surface area contributed by atoms with E-state index in [1.165, 1.54) is 16.7 Å². The minimum absolute atomic E-state index is 0.0106. The highest BCUT2D eigenvalue weighted by Crippen LogP contribution is 2.69. The third-order valence-corrected chi connectivity index (χ3v) is 7.86. The molecule has 3 fully saturated rings. The zero-order valence-corrected chi connectivity index (χ0v) is 14.5. The summed E-state index contributed by atoms with van der Waals surface area (Å²) in [5.41, 5.74) is 2.68. The van der Waals surface area contributed by atoms with Crippen molar-refractivity contribution in [3.05, 3.63) is 65.7 Å². The van der Waals surface area contributed by atoms with E-state index in [9.17, 15) is 14.4 Å². The van der Waals surface area contributed by atoms with Gasteiger partial charge in [-0.15, -0.1) is 11.8 Å². The predicted octanol–water partition coefficient (Wildman–Crippen LogP) is 2.12. The summed E-state index contributed by atoms with van der Waals surface area (Å²) in [6.07, 6.45) is 0. The zero-order valence-electron chi connectivity index (χ0n) is 13.7. The number of hydrogen-bond donors (Lipinski definition) is 0. The lowest BCUT2D eigenvalue weighted by atomic mass is 9.79. The van der Waals surface area contributed by atoms with E-state index in [1.807, 2.05) is 47.4 Å². The number of hydrogen-bond acceptors (Lipinski definition) is 4. The van der Waals surface area contributed by atoms with Crippen LogP contribution in [0, 0.1) is 11.8 Å². The fourth-order valence-electron chi connectivity index (χ4n) is 5.08. The topological polar surface area (TPSA) is 57.7 Å². The molecule has 1 spiro atoms. The van der Waals surface area contributed by atoms with Crippen LogP contribution in [0.15, 0.2) is 54.6 Å². The largest absolute Gasteiger partial charge is 0.318 e. The summed E-state index contributed by atoms with van der Waals surface area (Å²) in [6, 6.07) is 16.9. The maximum atomic E-state index is 13.4. The Balaban J connectivity index is 1.55. The Kier molecular flexibility index (Phi) is 2.56. The van der Waals surface area contributed by atoms with E-state index in [0.717, 1.165) is 11.1 Å². The first-order valence-electron chi connectivity index (χ1n) is 8.65. The van der Waals surface area contributed by atoms with Crippen molar-refractivity contribution in [2.45, 2.75) is 16.7 Å². The molecule has 3 amide bonds. The number of anilines is 1. The Morgan fingerprint density at radius 1 is 0.885 bits per heavy atom. The lowest BCUT2D eigenvalue weighted by Crippen LogP contribution is -2.51. The smallest absolute Gasteiger partial charge is 0.241 e. The van der Waals surface area contributed by atoms with Crippen molar-refractivity contribution in [2.75, 3.05) is 4.90 Å². The van der Waals surface area contributed by atoms with E-state index in [4.69, 9.17) is 0 Å². The van der Waals surface area contributed by atoms with Gasteiger partial charge in [-0.05, 0) is 23.3 Å². The minimum Gasteiger partial charge on any atom is -0.318 e. The van der Waals surface area contributed by atoms with E-state index in [1.54, 1.807) is 12.1 Å². The van der Waals surface area contributed by atoms with Crippen molar-refractivity contribution < 1.29 is 14.4 Å². The lowest BCUT2D eigenvalue weighted by molar-refractivity contribution is -0.143. The zero-order chi connectivity index (χ0) is 17.6. The van der Waals surface area contributed by atoms with Crippen LogP contribution in [0.1, 0.15) is 11.1 Å². The molecule has 5 nitrogen and oxygen atoms in total. The standard InChI is InChI=1S/C20H14N2O3S/c23-17-14-15(18(24)22(17)12-7-2-1-3-8-12)20-13-9-5-4-6-11(13)10-21(20)19(25)16(14)26-20/h1-9,14-16H,10H2/t14?,15?,16-,20+/m0/s1. The van der Waals surface area contributed by atoms with Crippen LogP contribution in [0.3, 0.4) is 0 Å². The summed E-state index contributed by atoms with van der Waals surface area (Å²) < 4.78 is 0. The summed E-state index contributed by atoms with van der Waals surface area (Å²) >= 11 is 1.51. The van der Waals surface area contributed by atoms with Crippen LogP contribution in [0.25, 0.3) is 0 Å². The van der Waals surface area contributed by atoms with E-state index < -0.39 is 22.0 Å². The predicted molar refractivity (Wildman–Crippen MR) is 96.0 cm³/mol. The molecular weight excluding hydrogens is 348 g/mol. The van der Waals surface area contributed by atoms with E-state index in [0.29, 0.717) is 12.2 Å². The van der Waals surface area contributed by atoms with Gasteiger partial charge in [-0.25, -0.2) is 4.90 Å². The molecule has 3 saturated heterocycles. The van der Waals surface area contributed by atoms with Crippen LogP contribution in [0.4, 0.5) is 5.69 Å². The second-order valence-corrected chi connectivity index (χ2v) is 8.53. The lowest BCUT2D eigenvalue weighted by Gasteiger charge is -2.37. The average molecular weight is 362 g/mol. The van der Waals surface area contributed by atoms with Crippen molar-refractivity contribution >= 4 is 35.2 Å². The molecule has 2 unspecified atom stereocenters. The van der Waals surface area contributed by atoms with Crippen molar-refractivity contribution in [2.24, 2.45) is 11.8 Å². The number of amides is 3. The molecule has 26 heavy (non-hydrogen) atoms. The molecule has 4 aliphatic heterocycles. The second kappa shape index (κ2) is 4.57. The van der Waals surface area contributed by atoms with Crippen LogP contribution in [-0.4, -0.2) is 27.9 Å². The SMILES string of the molecule is O=C1C2C(C(=O)N1c1ccccc1)[C@@]13S[C@@H]2C(=O)N1Cc1ccccc13.